The molecule has 0 saturated carbocycles. The van der Waals surface area contributed by atoms with Crippen molar-refractivity contribution in [3.63, 3.8) is 0 Å². The van der Waals surface area contributed by atoms with Gasteiger partial charge in [-0.1, -0.05) is 13.2 Å². The first-order valence-corrected chi connectivity index (χ1v) is 7.79. The molecule has 7 heteroatoms. The van der Waals surface area contributed by atoms with E-state index in [1.165, 1.54) is 6.26 Å². The third-order valence-electron chi connectivity index (χ3n) is 2.60. The van der Waals surface area contributed by atoms with Crippen LogP contribution in [-0.2, 0) is 33.2 Å². The SMILES string of the molecule is C=COC(C)(C)OC(C)OC(C)OC(C)OCCOC(=O)C(=C)C. The van der Waals surface area contributed by atoms with Crippen molar-refractivity contribution < 1.29 is 33.2 Å². The van der Waals surface area contributed by atoms with Gasteiger partial charge < -0.3 is 28.4 Å². The van der Waals surface area contributed by atoms with Crippen LogP contribution in [0.25, 0.3) is 0 Å². The first-order valence-electron chi connectivity index (χ1n) is 7.79. The molecule has 3 atom stereocenters. The molecule has 3 unspecified atom stereocenters. The van der Waals surface area contributed by atoms with E-state index in [1.807, 2.05) is 0 Å². The zero-order chi connectivity index (χ0) is 18.8. The number of carbonyl (C=O) groups is 1. The van der Waals surface area contributed by atoms with Crippen molar-refractivity contribution in [1.82, 2.24) is 0 Å². The second kappa shape index (κ2) is 11.2. The average Bonchev–Trinajstić information content (AvgIpc) is 2.41. The monoisotopic (exact) mass is 346 g/mol. The molecule has 0 heterocycles. The van der Waals surface area contributed by atoms with E-state index >= 15 is 0 Å². The lowest BCUT2D eigenvalue weighted by Crippen LogP contribution is -2.35. The number of hydrogen-bond donors (Lipinski definition) is 0. The lowest BCUT2D eigenvalue weighted by atomic mass is 10.4. The molecular weight excluding hydrogens is 316 g/mol. The molecule has 0 radical (unpaired) electrons. The van der Waals surface area contributed by atoms with Crippen LogP contribution in [0.3, 0.4) is 0 Å². The van der Waals surface area contributed by atoms with Gasteiger partial charge in [-0.15, -0.1) is 0 Å². The third-order valence-corrected chi connectivity index (χ3v) is 2.60. The van der Waals surface area contributed by atoms with Gasteiger partial charge in [0.15, 0.2) is 18.9 Å². The second-order valence-corrected chi connectivity index (χ2v) is 5.56. The predicted octanol–water partition coefficient (Wildman–Crippen LogP) is 3.11. The Morgan fingerprint density at radius 1 is 1.08 bits per heavy atom. The number of esters is 1. The van der Waals surface area contributed by atoms with E-state index in [2.05, 4.69) is 13.2 Å². The topological polar surface area (TPSA) is 72.5 Å². The zero-order valence-corrected chi connectivity index (χ0v) is 15.5. The van der Waals surface area contributed by atoms with Crippen molar-refractivity contribution in [2.24, 2.45) is 0 Å². The Kier molecular flexibility index (Phi) is 10.5. The minimum atomic E-state index is -0.851. The van der Waals surface area contributed by atoms with Gasteiger partial charge in [-0.2, -0.15) is 0 Å². The normalized spacial score (nSPS) is 15.2. The second-order valence-electron chi connectivity index (χ2n) is 5.56. The van der Waals surface area contributed by atoms with Gasteiger partial charge in [0, 0.05) is 19.4 Å². The summed E-state index contributed by atoms with van der Waals surface area (Å²) in [5.74, 6) is -1.30. The Hall–Kier alpha value is -1.41. The van der Waals surface area contributed by atoms with E-state index in [-0.39, 0.29) is 13.2 Å². The van der Waals surface area contributed by atoms with E-state index < -0.39 is 30.6 Å². The summed E-state index contributed by atoms with van der Waals surface area (Å²) in [5.41, 5.74) is 0.346. The quantitative estimate of drug-likeness (QED) is 0.167. The molecule has 0 aromatic carbocycles. The largest absolute Gasteiger partial charge is 0.471 e. The molecule has 0 amide bonds. The van der Waals surface area contributed by atoms with Crippen molar-refractivity contribution in [3.8, 4) is 0 Å². The molecule has 0 saturated heterocycles. The summed E-state index contributed by atoms with van der Waals surface area (Å²) in [4.78, 5) is 11.2. The van der Waals surface area contributed by atoms with Crippen molar-refractivity contribution in [2.45, 2.75) is 66.2 Å². The highest BCUT2D eigenvalue weighted by Gasteiger charge is 2.24. The van der Waals surface area contributed by atoms with Gasteiger partial charge in [-0.3, -0.25) is 0 Å². The van der Waals surface area contributed by atoms with Gasteiger partial charge in [0.05, 0.1) is 12.9 Å². The molecule has 0 fully saturated rings. The van der Waals surface area contributed by atoms with E-state index in [0.717, 1.165) is 0 Å². The lowest BCUT2D eigenvalue weighted by Gasteiger charge is -2.30. The maximum atomic E-state index is 11.2. The molecular formula is C17H30O7. The van der Waals surface area contributed by atoms with E-state index in [0.29, 0.717) is 5.57 Å². The van der Waals surface area contributed by atoms with Crippen molar-refractivity contribution in [3.05, 3.63) is 25.0 Å². The smallest absolute Gasteiger partial charge is 0.333 e. The number of hydrogen-bond acceptors (Lipinski definition) is 7. The van der Waals surface area contributed by atoms with Crippen LogP contribution in [0.1, 0.15) is 41.5 Å². The molecule has 0 N–H and O–H groups in total. The predicted molar refractivity (Wildman–Crippen MR) is 88.7 cm³/mol. The fourth-order valence-corrected chi connectivity index (χ4v) is 1.74. The Bertz CT molecular complexity index is 406. The maximum Gasteiger partial charge on any atom is 0.333 e. The Morgan fingerprint density at radius 2 is 1.67 bits per heavy atom. The van der Waals surface area contributed by atoms with Gasteiger partial charge >= 0.3 is 5.97 Å². The van der Waals surface area contributed by atoms with Crippen LogP contribution in [0, 0.1) is 0 Å². The molecule has 0 aliphatic rings. The van der Waals surface area contributed by atoms with Crippen LogP contribution < -0.4 is 0 Å². The van der Waals surface area contributed by atoms with E-state index in [1.54, 1.807) is 41.5 Å². The van der Waals surface area contributed by atoms with E-state index in [4.69, 9.17) is 28.4 Å². The molecule has 0 aromatic heterocycles. The molecule has 7 nitrogen and oxygen atoms in total. The fraction of sp³-hybridized carbons (Fsp3) is 0.706. The highest BCUT2D eigenvalue weighted by atomic mass is 16.8. The summed E-state index contributed by atoms with van der Waals surface area (Å²) in [5, 5.41) is 0. The number of carbonyl (C=O) groups excluding carboxylic acids is 1. The Balaban J connectivity index is 3.97. The standard InChI is InChI=1S/C17H30O7/c1-9-21-17(7,8)24-15(6)23-14(5)22-13(4)19-10-11-20-16(18)12(2)3/h9,13-15H,1-2,10-11H2,3-8H3. The van der Waals surface area contributed by atoms with Crippen molar-refractivity contribution in [1.29, 1.82) is 0 Å². The maximum absolute atomic E-state index is 11.2. The van der Waals surface area contributed by atoms with E-state index in [9.17, 15) is 4.79 Å². The molecule has 0 spiro atoms. The Morgan fingerprint density at radius 3 is 2.21 bits per heavy atom. The zero-order valence-electron chi connectivity index (χ0n) is 15.5. The fourth-order valence-electron chi connectivity index (χ4n) is 1.74. The van der Waals surface area contributed by atoms with Gasteiger partial charge in [-0.25, -0.2) is 4.79 Å². The molecule has 0 aromatic rings. The minimum absolute atomic E-state index is 0.126. The summed E-state index contributed by atoms with van der Waals surface area (Å²) < 4.78 is 32.1. The number of ether oxygens (including phenoxy) is 6. The molecule has 0 rings (SSSR count). The van der Waals surface area contributed by atoms with Crippen LogP contribution in [0.15, 0.2) is 25.0 Å². The highest BCUT2D eigenvalue weighted by molar-refractivity contribution is 5.86. The minimum Gasteiger partial charge on any atom is -0.471 e. The van der Waals surface area contributed by atoms with Gasteiger partial charge in [0.2, 0.25) is 5.79 Å². The molecule has 0 aliphatic heterocycles. The van der Waals surface area contributed by atoms with Crippen LogP contribution in [-0.4, -0.2) is 43.8 Å². The third kappa shape index (κ3) is 11.2. The molecule has 24 heavy (non-hydrogen) atoms. The molecule has 0 aliphatic carbocycles. The first-order chi connectivity index (χ1) is 11.1. The van der Waals surface area contributed by atoms with Crippen molar-refractivity contribution >= 4 is 5.97 Å². The Labute approximate surface area is 144 Å². The molecule has 140 valence electrons. The summed E-state index contributed by atoms with van der Waals surface area (Å²) >= 11 is 0. The summed E-state index contributed by atoms with van der Waals surface area (Å²) in [6.45, 7) is 17.6. The van der Waals surface area contributed by atoms with Gasteiger partial charge in [0.1, 0.15) is 6.61 Å². The van der Waals surface area contributed by atoms with Gasteiger partial charge in [-0.05, 0) is 27.7 Å². The summed E-state index contributed by atoms with van der Waals surface area (Å²) in [7, 11) is 0. The van der Waals surface area contributed by atoms with Gasteiger partial charge in [0.25, 0.3) is 0 Å². The average molecular weight is 346 g/mol. The highest BCUT2D eigenvalue weighted by Crippen LogP contribution is 2.16. The van der Waals surface area contributed by atoms with Crippen LogP contribution in [0.5, 0.6) is 0 Å². The van der Waals surface area contributed by atoms with Crippen LogP contribution in [0.4, 0.5) is 0 Å². The number of rotatable bonds is 13. The first kappa shape index (κ1) is 22.6. The van der Waals surface area contributed by atoms with Crippen molar-refractivity contribution in [2.75, 3.05) is 13.2 Å². The lowest BCUT2D eigenvalue weighted by molar-refractivity contribution is -0.324. The summed E-state index contributed by atoms with van der Waals surface area (Å²) in [6, 6.07) is 0. The molecule has 0 bridgehead atoms. The van der Waals surface area contributed by atoms with Crippen LogP contribution >= 0.6 is 0 Å². The summed E-state index contributed by atoms with van der Waals surface area (Å²) in [6.07, 6.45) is -0.345. The van der Waals surface area contributed by atoms with Crippen LogP contribution in [0.2, 0.25) is 0 Å².